The van der Waals surface area contributed by atoms with Crippen molar-refractivity contribution in [1.82, 2.24) is 5.01 Å². The normalized spacial score (nSPS) is 22.0. The van der Waals surface area contributed by atoms with Gasteiger partial charge in [-0.25, -0.2) is 5.01 Å². The van der Waals surface area contributed by atoms with Gasteiger partial charge in [-0.15, -0.1) is 0 Å². The molecule has 1 rings (SSSR count). The summed E-state index contributed by atoms with van der Waals surface area (Å²) in [5.41, 5.74) is 0.690. The van der Waals surface area contributed by atoms with Gasteiger partial charge in [0.1, 0.15) is 0 Å². The van der Waals surface area contributed by atoms with Crippen LogP contribution in [0.5, 0.6) is 0 Å². The monoisotopic (exact) mass is 226 g/mol. The molecule has 0 fully saturated rings. The molecule has 16 heavy (non-hydrogen) atoms. The summed E-state index contributed by atoms with van der Waals surface area (Å²) in [4.78, 5) is 23.1. The summed E-state index contributed by atoms with van der Waals surface area (Å²) in [6, 6.07) is 0.0742. The van der Waals surface area contributed by atoms with E-state index in [0.29, 0.717) is 5.71 Å². The number of amides is 1. The molecule has 1 aliphatic rings. The van der Waals surface area contributed by atoms with E-state index in [9.17, 15) is 9.59 Å². The van der Waals surface area contributed by atoms with Crippen molar-refractivity contribution in [1.29, 1.82) is 0 Å². The van der Waals surface area contributed by atoms with Gasteiger partial charge in [0.25, 0.3) is 5.91 Å². The van der Waals surface area contributed by atoms with E-state index in [4.69, 9.17) is 0 Å². The Labute approximate surface area is 95.4 Å². The average Bonchev–Trinajstić information content (AvgIpc) is 2.55. The Morgan fingerprint density at radius 2 is 2.25 bits per heavy atom. The van der Waals surface area contributed by atoms with Crippen LogP contribution in [0.25, 0.3) is 0 Å². The lowest BCUT2D eigenvalue weighted by Crippen LogP contribution is -2.34. The first-order valence-corrected chi connectivity index (χ1v) is 5.46. The lowest BCUT2D eigenvalue weighted by molar-refractivity contribution is -0.145. The van der Waals surface area contributed by atoms with Crippen molar-refractivity contribution in [3.8, 4) is 0 Å². The van der Waals surface area contributed by atoms with E-state index >= 15 is 0 Å². The number of esters is 1. The van der Waals surface area contributed by atoms with E-state index in [1.54, 1.807) is 6.92 Å². The predicted octanol–water partition coefficient (Wildman–Crippen LogP) is 1.18. The van der Waals surface area contributed by atoms with Crippen molar-refractivity contribution in [3.05, 3.63) is 0 Å². The smallest absolute Gasteiger partial charge is 0.306 e. The van der Waals surface area contributed by atoms with Crippen LogP contribution in [0, 0.1) is 5.92 Å². The van der Waals surface area contributed by atoms with E-state index in [1.165, 1.54) is 12.1 Å². The zero-order valence-electron chi connectivity index (χ0n) is 10.2. The molecule has 5 heteroatoms. The Morgan fingerprint density at radius 1 is 1.62 bits per heavy atom. The highest BCUT2D eigenvalue weighted by atomic mass is 16.5. The molecule has 1 aliphatic heterocycles. The third-order valence-electron chi connectivity index (χ3n) is 2.90. The molecule has 0 saturated carbocycles. The van der Waals surface area contributed by atoms with Crippen molar-refractivity contribution >= 4 is 17.6 Å². The van der Waals surface area contributed by atoms with E-state index in [1.807, 2.05) is 13.8 Å². The molecule has 0 radical (unpaired) electrons. The summed E-state index contributed by atoms with van der Waals surface area (Å²) in [6.45, 7) is 5.71. The summed E-state index contributed by atoms with van der Waals surface area (Å²) in [6.07, 6.45) is 0.922. The zero-order chi connectivity index (χ0) is 12.3. The van der Waals surface area contributed by atoms with Gasteiger partial charge >= 0.3 is 5.97 Å². The highest BCUT2D eigenvalue weighted by molar-refractivity contribution is 6.08. The Morgan fingerprint density at radius 3 is 2.75 bits per heavy atom. The molecule has 0 bridgehead atoms. The maximum Gasteiger partial charge on any atom is 0.306 e. The predicted molar refractivity (Wildman–Crippen MR) is 59.8 cm³/mol. The molecule has 0 aromatic rings. The molecule has 0 aromatic carbocycles. The summed E-state index contributed by atoms with van der Waals surface area (Å²) in [5.74, 6) is -0.919. The van der Waals surface area contributed by atoms with E-state index < -0.39 is 5.92 Å². The van der Waals surface area contributed by atoms with Crippen LogP contribution in [0.1, 0.15) is 33.6 Å². The standard InChI is InChI=1S/C11H18N2O3/c1-5-7(2)13-11(15)9(8(3)12-13)6-10(14)16-4/h7,9H,5-6H2,1-4H3. The second kappa shape index (κ2) is 5.09. The molecule has 5 nitrogen and oxygen atoms in total. The molecule has 0 N–H and O–H groups in total. The minimum atomic E-state index is -0.443. The molecular weight excluding hydrogens is 208 g/mol. The number of hydrogen-bond acceptors (Lipinski definition) is 4. The van der Waals surface area contributed by atoms with Gasteiger partial charge in [0, 0.05) is 5.71 Å². The molecule has 2 atom stereocenters. The van der Waals surface area contributed by atoms with Gasteiger partial charge in [-0.05, 0) is 20.3 Å². The van der Waals surface area contributed by atoms with Crippen LogP contribution in [0.15, 0.2) is 5.10 Å². The van der Waals surface area contributed by atoms with Crippen molar-refractivity contribution in [2.45, 2.75) is 39.7 Å². The van der Waals surface area contributed by atoms with Gasteiger partial charge in [0.05, 0.1) is 25.5 Å². The minimum Gasteiger partial charge on any atom is -0.469 e. The molecular formula is C11H18N2O3. The number of rotatable bonds is 4. The molecule has 90 valence electrons. The largest absolute Gasteiger partial charge is 0.469 e. The molecule has 0 spiro atoms. The molecule has 0 aromatic heterocycles. The van der Waals surface area contributed by atoms with Crippen LogP contribution >= 0.6 is 0 Å². The fourth-order valence-corrected chi connectivity index (χ4v) is 1.60. The van der Waals surface area contributed by atoms with E-state index in [-0.39, 0.29) is 24.3 Å². The Hall–Kier alpha value is -1.39. The number of carbonyl (C=O) groups is 2. The molecule has 2 unspecified atom stereocenters. The van der Waals surface area contributed by atoms with Gasteiger partial charge in [-0.2, -0.15) is 5.10 Å². The summed E-state index contributed by atoms with van der Waals surface area (Å²) >= 11 is 0. The summed E-state index contributed by atoms with van der Waals surface area (Å²) < 4.78 is 4.57. The fraction of sp³-hybridized carbons (Fsp3) is 0.727. The van der Waals surface area contributed by atoms with Crippen molar-refractivity contribution < 1.29 is 14.3 Å². The van der Waals surface area contributed by atoms with E-state index in [2.05, 4.69) is 9.84 Å². The van der Waals surface area contributed by atoms with Gasteiger partial charge < -0.3 is 4.74 Å². The van der Waals surface area contributed by atoms with E-state index in [0.717, 1.165) is 6.42 Å². The van der Waals surface area contributed by atoms with Crippen LogP contribution in [0.3, 0.4) is 0 Å². The fourth-order valence-electron chi connectivity index (χ4n) is 1.60. The van der Waals surface area contributed by atoms with Crippen LogP contribution in [0.2, 0.25) is 0 Å². The van der Waals surface area contributed by atoms with Crippen molar-refractivity contribution in [3.63, 3.8) is 0 Å². The lowest BCUT2D eigenvalue weighted by Gasteiger charge is -2.20. The number of hydrazone groups is 1. The quantitative estimate of drug-likeness (QED) is 0.676. The maximum atomic E-state index is 12.0. The SMILES string of the molecule is CCC(C)N1N=C(C)C(CC(=O)OC)C1=O. The summed E-state index contributed by atoms with van der Waals surface area (Å²) in [5, 5.41) is 5.68. The third kappa shape index (κ3) is 2.40. The van der Waals surface area contributed by atoms with Gasteiger partial charge in [0.2, 0.25) is 0 Å². The Balaban J connectivity index is 2.74. The van der Waals surface area contributed by atoms with Crippen molar-refractivity contribution in [2.75, 3.05) is 7.11 Å². The number of nitrogens with zero attached hydrogens (tertiary/aromatic N) is 2. The maximum absolute atomic E-state index is 12.0. The molecule has 1 heterocycles. The van der Waals surface area contributed by atoms with Gasteiger partial charge in [-0.3, -0.25) is 9.59 Å². The van der Waals surface area contributed by atoms with Crippen LogP contribution in [-0.2, 0) is 14.3 Å². The number of hydrogen-bond donors (Lipinski definition) is 0. The number of methoxy groups -OCH3 is 1. The first kappa shape index (κ1) is 12.7. The topological polar surface area (TPSA) is 59.0 Å². The van der Waals surface area contributed by atoms with Crippen LogP contribution < -0.4 is 0 Å². The van der Waals surface area contributed by atoms with Gasteiger partial charge in [-0.1, -0.05) is 6.92 Å². The van der Waals surface area contributed by atoms with Crippen LogP contribution in [-0.4, -0.2) is 35.7 Å². The second-order valence-electron chi connectivity index (χ2n) is 4.01. The highest BCUT2D eigenvalue weighted by Crippen LogP contribution is 2.22. The summed E-state index contributed by atoms with van der Waals surface area (Å²) in [7, 11) is 1.32. The van der Waals surface area contributed by atoms with Crippen LogP contribution in [0.4, 0.5) is 0 Å². The van der Waals surface area contributed by atoms with Crippen molar-refractivity contribution in [2.24, 2.45) is 11.0 Å². The average molecular weight is 226 g/mol. The molecule has 0 saturated heterocycles. The Kier molecular flexibility index (Phi) is 4.04. The first-order valence-electron chi connectivity index (χ1n) is 5.46. The number of carbonyl (C=O) groups excluding carboxylic acids is 2. The molecule has 1 amide bonds. The Bertz CT molecular complexity index is 325. The number of ether oxygens (including phenoxy) is 1. The second-order valence-corrected chi connectivity index (χ2v) is 4.01. The van der Waals surface area contributed by atoms with Gasteiger partial charge in [0.15, 0.2) is 0 Å². The zero-order valence-corrected chi connectivity index (χ0v) is 10.2. The highest BCUT2D eigenvalue weighted by Gasteiger charge is 2.36. The lowest BCUT2D eigenvalue weighted by atomic mass is 10.0. The first-order chi connectivity index (χ1) is 7.51. The third-order valence-corrected chi connectivity index (χ3v) is 2.90. The molecule has 0 aliphatic carbocycles. The minimum absolute atomic E-state index is 0.0742.